The molecule has 0 aliphatic rings. The van der Waals surface area contributed by atoms with Crippen molar-refractivity contribution in [2.45, 2.75) is 65.2 Å². The van der Waals surface area contributed by atoms with Crippen molar-refractivity contribution in [3.05, 3.63) is 91.0 Å². The Balaban J connectivity index is 0.00000507. The molecule has 38 heavy (non-hydrogen) atoms. The number of halogens is 1. The smallest absolute Gasteiger partial charge is 0.408 e. The fourth-order valence-electron chi connectivity index (χ4n) is 4.36. The van der Waals surface area contributed by atoms with Crippen LogP contribution in [-0.2, 0) is 14.3 Å². The van der Waals surface area contributed by atoms with Crippen molar-refractivity contribution < 1.29 is 43.0 Å². The number of ether oxygens (including phenoxy) is 2. The summed E-state index contributed by atoms with van der Waals surface area (Å²) in [6, 6.07) is 30.6. The highest BCUT2D eigenvalue weighted by atomic mass is 127. The summed E-state index contributed by atoms with van der Waals surface area (Å²) in [5.74, 6) is -0.360. The topological polar surface area (TPSA) is 64.6 Å². The van der Waals surface area contributed by atoms with Gasteiger partial charge in [0.1, 0.15) is 34.4 Å². The third-order valence-electron chi connectivity index (χ3n) is 5.64. The molecule has 1 N–H and O–H groups in total. The van der Waals surface area contributed by atoms with Gasteiger partial charge >= 0.3 is 12.1 Å². The summed E-state index contributed by atoms with van der Waals surface area (Å²) in [5.41, 5.74) is -1.29. The van der Waals surface area contributed by atoms with Crippen molar-refractivity contribution >= 4 is 35.2 Å². The number of amides is 1. The Kier molecular flexibility index (Phi) is 11.3. The summed E-state index contributed by atoms with van der Waals surface area (Å²) < 4.78 is 11.3. The van der Waals surface area contributed by atoms with Gasteiger partial charge in [-0.25, -0.2) is 4.79 Å². The van der Waals surface area contributed by atoms with E-state index in [1.54, 1.807) is 0 Å². The van der Waals surface area contributed by atoms with E-state index in [1.165, 1.54) is 15.9 Å². The van der Waals surface area contributed by atoms with Crippen LogP contribution in [0.4, 0.5) is 4.79 Å². The minimum atomic E-state index is -2.30. The van der Waals surface area contributed by atoms with Crippen LogP contribution >= 0.6 is 7.26 Å². The number of carbonyl (C=O) groups is 2. The molecular weight excluding hydrogens is 608 g/mol. The molecule has 0 aliphatic heterocycles. The Morgan fingerprint density at radius 2 is 1.05 bits per heavy atom. The Morgan fingerprint density at radius 3 is 1.39 bits per heavy atom. The molecule has 7 heteroatoms. The normalized spacial score (nSPS) is 12.6. The van der Waals surface area contributed by atoms with Crippen LogP contribution < -0.4 is 45.2 Å². The fraction of sp³-hybridized carbons (Fsp3) is 0.355. The van der Waals surface area contributed by atoms with Crippen LogP contribution in [0.5, 0.6) is 0 Å². The van der Waals surface area contributed by atoms with Gasteiger partial charge in [0.25, 0.3) is 0 Å². The highest BCUT2D eigenvalue weighted by molar-refractivity contribution is 7.95. The van der Waals surface area contributed by atoms with Crippen molar-refractivity contribution in [3.63, 3.8) is 0 Å². The quantitative estimate of drug-likeness (QED) is 0.232. The molecule has 3 aromatic rings. The zero-order valence-corrected chi connectivity index (χ0v) is 26.2. The van der Waals surface area contributed by atoms with Gasteiger partial charge in [0.05, 0.1) is 18.6 Å². The highest BCUT2D eigenvalue weighted by Gasteiger charge is 2.48. The van der Waals surface area contributed by atoms with Crippen LogP contribution in [0.15, 0.2) is 91.0 Å². The molecule has 0 bridgehead atoms. The van der Waals surface area contributed by atoms with E-state index in [4.69, 9.17) is 9.47 Å². The van der Waals surface area contributed by atoms with Crippen LogP contribution in [-0.4, -0.2) is 35.5 Å². The first-order valence-electron chi connectivity index (χ1n) is 12.7. The molecule has 0 saturated carbocycles. The van der Waals surface area contributed by atoms with Gasteiger partial charge in [-0.2, -0.15) is 0 Å². The maximum Gasteiger partial charge on any atom is 0.408 e. The number of hydrogen-bond acceptors (Lipinski definition) is 4. The minimum absolute atomic E-state index is 0. The summed E-state index contributed by atoms with van der Waals surface area (Å²) in [6.45, 7) is 11.0. The Bertz CT molecular complexity index is 1030. The zero-order valence-electron chi connectivity index (χ0n) is 23.1. The minimum Gasteiger partial charge on any atom is -1.00 e. The standard InChI is InChI=1S/C31H38NO4P.HI/c1-30(2,3)35-28(33)22-24(32-29(34)36-31(4,5)6)23-37(25-16-10-7-11-17-25,26-18-12-8-13-19-26)27-20-14-9-15-21-27;/h7-21,24H,22-23H2,1-6H3;1H/t24-;/m0./s1. The summed E-state index contributed by atoms with van der Waals surface area (Å²) in [4.78, 5) is 26.0. The second-order valence-corrected chi connectivity index (χ2v) is 14.7. The van der Waals surface area contributed by atoms with Gasteiger partial charge in [-0.05, 0) is 77.9 Å². The number of esters is 1. The molecule has 5 nitrogen and oxygen atoms in total. The molecule has 0 fully saturated rings. The van der Waals surface area contributed by atoms with Crippen LogP contribution in [0, 0.1) is 0 Å². The lowest BCUT2D eigenvalue weighted by Gasteiger charge is -2.32. The number of benzene rings is 3. The number of nitrogens with one attached hydrogen (secondary N) is 1. The van der Waals surface area contributed by atoms with Gasteiger partial charge < -0.3 is 38.8 Å². The largest absolute Gasteiger partial charge is 1.00 e. The molecule has 0 unspecified atom stereocenters. The van der Waals surface area contributed by atoms with Crippen LogP contribution in [0.2, 0.25) is 0 Å². The molecule has 3 rings (SSSR count). The van der Waals surface area contributed by atoms with Crippen molar-refractivity contribution in [3.8, 4) is 0 Å². The average molecular weight is 648 g/mol. The van der Waals surface area contributed by atoms with E-state index >= 15 is 0 Å². The second-order valence-electron chi connectivity index (χ2n) is 11.1. The average Bonchev–Trinajstić information content (AvgIpc) is 2.81. The molecular formula is C31H39INO4P. The number of rotatable bonds is 8. The summed E-state index contributed by atoms with van der Waals surface area (Å²) in [5, 5.41) is 6.54. The van der Waals surface area contributed by atoms with Crippen molar-refractivity contribution in [2.75, 3.05) is 6.16 Å². The molecule has 0 radical (unpaired) electrons. The van der Waals surface area contributed by atoms with E-state index in [2.05, 4.69) is 41.7 Å². The molecule has 0 spiro atoms. The van der Waals surface area contributed by atoms with Crippen molar-refractivity contribution in [2.24, 2.45) is 0 Å². The summed E-state index contributed by atoms with van der Waals surface area (Å²) >= 11 is 0. The first kappa shape index (κ1) is 31.8. The third-order valence-corrected chi connectivity index (χ3v) is 10.2. The van der Waals surface area contributed by atoms with E-state index in [9.17, 15) is 9.59 Å². The lowest BCUT2D eigenvalue weighted by molar-refractivity contribution is -0.155. The number of hydrogen-bond donors (Lipinski definition) is 1. The maximum atomic E-state index is 13.0. The lowest BCUT2D eigenvalue weighted by Crippen LogP contribution is -3.00. The van der Waals surface area contributed by atoms with E-state index in [0.717, 1.165) is 0 Å². The molecule has 0 aliphatic carbocycles. The van der Waals surface area contributed by atoms with Gasteiger partial charge in [-0.1, -0.05) is 54.6 Å². The van der Waals surface area contributed by atoms with E-state index < -0.39 is 30.6 Å². The summed E-state index contributed by atoms with van der Waals surface area (Å²) in [6.07, 6.45) is 0.0159. The monoisotopic (exact) mass is 647 g/mol. The van der Waals surface area contributed by atoms with Crippen molar-refractivity contribution in [1.82, 2.24) is 5.32 Å². The third kappa shape index (κ3) is 9.09. The van der Waals surface area contributed by atoms with Gasteiger partial charge in [-0.3, -0.25) is 4.79 Å². The maximum absolute atomic E-state index is 13.0. The Hall–Kier alpha value is -2.44. The number of carbonyl (C=O) groups excluding carboxylic acids is 2. The molecule has 0 aromatic heterocycles. The van der Waals surface area contributed by atoms with Gasteiger partial charge in [-0.15, -0.1) is 0 Å². The molecule has 1 amide bonds. The van der Waals surface area contributed by atoms with Crippen LogP contribution in [0.25, 0.3) is 0 Å². The van der Waals surface area contributed by atoms with E-state index in [-0.39, 0.29) is 36.4 Å². The SMILES string of the molecule is CC(C)(C)OC(=O)C[C@@H](C[P+](c1ccccc1)(c1ccccc1)c1ccccc1)NC(=O)OC(C)(C)C.[I-]. The molecule has 0 saturated heterocycles. The highest BCUT2D eigenvalue weighted by Crippen LogP contribution is 2.56. The zero-order chi connectivity index (χ0) is 27.1. The first-order chi connectivity index (χ1) is 17.4. The van der Waals surface area contributed by atoms with Gasteiger partial charge in [0.15, 0.2) is 0 Å². The second kappa shape index (κ2) is 13.6. The van der Waals surface area contributed by atoms with E-state index in [0.29, 0.717) is 6.16 Å². The predicted molar refractivity (Wildman–Crippen MR) is 154 cm³/mol. The Morgan fingerprint density at radius 1 is 0.684 bits per heavy atom. The summed E-state index contributed by atoms with van der Waals surface area (Å²) in [7, 11) is -2.30. The van der Waals surface area contributed by atoms with E-state index in [1.807, 2.05) is 96.1 Å². The lowest BCUT2D eigenvalue weighted by atomic mass is 10.2. The molecule has 3 aromatic carbocycles. The van der Waals surface area contributed by atoms with Gasteiger partial charge in [0, 0.05) is 0 Å². The van der Waals surface area contributed by atoms with Crippen LogP contribution in [0.1, 0.15) is 48.0 Å². The number of alkyl carbamates (subject to hydrolysis) is 1. The van der Waals surface area contributed by atoms with Gasteiger partial charge in [0.2, 0.25) is 0 Å². The fourth-order valence-corrected chi connectivity index (χ4v) is 8.81. The molecule has 0 heterocycles. The first-order valence-corrected chi connectivity index (χ1v) is 14.6. The molecule has 1 atom stereocenters. The molecule has 204 valence electrons. The predicted octanol–water partition coefficient (Wildman–Crippen LogP) is 2.61. The Labute approximate surface area is 245 Å². The van der Waals surface area contributed by atoms with Crippen molar-refractivity contribution in [1.29, 1.82) is 0 Å². The van der Waals surface area contributed by atoms with Crippen LogP contribution in [0.3, 0.4) is 0 Å².